The SMILES string of the molecule is NCc1ccc(OCc2ccc3ncccc3c2)c(Br)c1. The summed E-state index contributed by atoms with van der Waals surface area (Å²) in [6, 6.07) is 16.0. The van der Waals surface area contributed by atoms with Crippen LogP contribution in [-0.4, -0.2) is 4.98 Å². The zero-order valence-electron chi connectivity index (χ0n) is 11.4. The molecule has 3 rings (SSSR count). The maximum absolute atomic E-state index is 5.86. The van der Waals surface area contributed by atoms with Crippen LogP contribution in [0.15, 0.2) is 59.2 Å². The molecule has 2 N–H and O–H groups in total. The van der Waals surface area contributed by atoms with Gasteiger partial charge in [0.1, 0.15) is 12.4 Å². The summed E-state index contributed by atoms with van der Waals surface area (Å²) in [6.07, 6.45) is 1.80. The highest BCUT2D eigenvalue weighted by atomic mass is 79.9. The van der Waals surface area contributed by atoms with Crippen molar-refractivity contribution in [3.05, 3.63) is 70.3 Å². The van der Waals surface area contributed by atoms with Gasteiger partial charge >= 0.3 is 0 Å². The van der Waals surface area contributed by atoms with Crippen LogP contribution < -0.4 is 10.5 Å². The van der Waals surface area contributed by atoms with Crippen LogP contribution in [0.3, 0.4) is 0 Å². The molecule has 0 radical (unpaired) electrons. The van der Waals surface area contributed by atoms with Crippen LogP contribution >= 0.6 is 15.9 Å². The predicted octanol–water partition coefficient (Wildman–Crippen LogP) is 4.04. The normalized spacial score (nSPS) is 10.8. The molecule has 0 aliphatic carbocycles. The summed E-state index contributed by atoms with van der Waals surface area (Å²) in [5.41, 5.74) is 8.81. The van der Waals surface area contributed by atoms with Gasteiger partial charge < -0.3 is 10.5 Å². The van der Waals surface area contributed by atoms with E-state index in [0.717, 1.165) is 32.3 Å². The fourth-order valence-electron chi connectivity index (χ4n) is 2.16. The smallest absolute Gasteiger partial charge is 0.134 e. The van der Waals surface area contributed by atoms with E-state index >= 15 is 0 Å². The molecule has 0 saturated carbocycles. The molecule has 106 valence electrons. The van der Waals surface area contributed by atoms with Crippen molar-refractivity contribution in [2.75, 3.05) is 0 Å². The summed E-state index contributed by atoms with van der Waals surface area (Å²) in [5, 5.41) is 1.12. The van der Waals surface area contributed by atoms with Crippen LogP contribution in [-0.2, 0) is 13.2 Å². The van der Waals surface area contributed by atoms with Crippen molar-refractivity contribution in [1.82, 2.24) is 4.98 Å². The summed E-state index contributed by atoms with van der Waals surface area (Å²) in [6.45, 7) is 1.04. The van der Waals surface area contributed by atoms with Crippen LogP contribution in [0.2, 0.25) is 0 Å². The average Bonchev–Trinajstić information content (AvgIpc) is 2.53. The number of nitrogens with two attached hydrogens (primary N) is 1. The molecule has 0 saturated heterocycles. The molecule has 0 aliphatic heterocycles. The highest BCUT2D eigenvalue weighted by Crippen LogP contribution is 2.27. The van der Waals surface area contributed by atoms with E-state index in [1.54, 1.807) is 6.20 Å². The molecule has 1 aromatic heterocycles. The number of hydrogen-bond donors (Lipinski definition) is 1. The first-order chi connectivity index (χ1) is 10.3. The number of nitrogens with zero attached hydrogens (tertiary/aromatic N) is 1. The van der Waals surface area contributed by atoms with Crippen LogP contribution in [0.5, 0.6) is 5.75 Å². The van der Waals surface area contributed by atoms with E-state index in [0.29, 0.717) is 13.2 Å². The maximum Gasteiger partial charge on any atom is 0.134 e. The van der Waals surface area contributed by atoms with Gasteiger partial charge in [-0.2, -0.15) is 0 Å². The molecule has 21 heavy (non-hydrogen) atoms. The Balaban J connectivity index is 1.77. The van der Waals surface area contributed by atoms with Gasteiger partial charge in [0, 0.05) is 18.1 Å². The molecule has 0 amide bonds. The molecule has 4 heteroatoms. The molecular weight excluding hydrogens is 328 g/mol. The molecule has 0 aliphatic rings. The van der Waals surface area contributed by atoms with Crippen LogP contribution in [0.1, 0.15) is 11.1 Å². The van der Waals surface area contributed by atoms with E-state index in [9.17, 15) is 0 Å². The number of halogens is 1. The lowest BCUT2D eigenvalue weighted by atomic mass is 10.1. The second-order valence-electron chi connectivity index (χ2n) is 4.79. The molecule has 3 nitrogen and oxygen atoms in total. The van der Waals surface area contributed by atoms with Gasteiger partial charge in [0.25, 0.3) is 0 Å². The van der Waals surface area contributed by atoms with E-state index in [1.807, 2.05) is 36.4 Å². The minimum Gasteiger partial charge on any atom is -0.488 e. The lowest BCUT2D eigenvalue weighted by molar-refractivity contribution is 0.304. The summed E-state index contributed by atoms with van der Waals surface area (Å²) >= 11 is 3.51. The minimum absolute atomic E-state index is 0.519. The maximum atomic E-state index is 5.86. The van der Waals surface area contributed by atoms with Crippen molar-refractivity contribution in [3.8, 4) is 5.75 Å². The zero-order valence-corrected chi connectivity index (χ0v) is 13.0. The first kappa shape index (κ1) is 14.0. The number of rotatable bonds is 4. The van der Waals surface area contributed by atoms with Gasteiger partial charge in [-0.1, -0.05) is 18.2 Å². The quantitative estimate of drug-likeness (QED) is 0.778. The first-order valence-corrected chi connectivity index (χ1v) is 7.50. The van der Waals surface area contributed by atoms with Crippen molar-refractivity contribution in [2.45, 2.75) is 13.2 Å². The summed E-state index contributed by atoms with van der Waals surface area (Å²) in [7, 11) is 0. The van der Waals surface area contributed by atoms with Gasteiger partial charge in [-0.25, -0.2) is 0 Å². The number of fused-ring (bicyclic) bond motifs is 1. The molecule has 0 fully saturated rings. The van der Waals surface area contributed by atoms with Crippen molar-refractivity contribution < 1.29 is 4.74 Å². The summed E-state index contributed by atoms with van der Waals surface area (Å²) < 4.78 is 6.79. The number of benzene rings is 2. The minimum atomic E-state index is 0.519. The predicted molar refractivity (Wildman–Crippen MR) is 88.1 cm³/mol. The van der Waals surface area contributed by atoms with Gasteiger partial charge in [-0.15, -0.1) is 0 Å². The van der Waals surface area contributed by atoms with E-state index < -0.39 is 0 Å². The van der Waals surface area contributed by atoms with Gasteiger partial charge in [0.15, 0.2) is 0 Å². The molecule has 0 spiro atoms. The lowest BCUT2D eigenvalue weighted by Gasteiger charge is -2.10. The van der Waals surface area contributed by atoms with E-state index in [2.05, 4.69) is 33.0 Å². The zero-order chi connectivity index (χ0) is 14.7. The van der Waals surface area contributed by atoms with Crippen molar-refractivity contribution >= 4 is 26.8 Å². The highest BCUT2D eigenvalue weighted by Gasteiger charge is 2.03. The fourth-order valence-corrected chi connectivity index (χ4v) is 2.70. The van der Waals surface area contributed by atoms with Gasteiger partial charge in [-0.05, 0) is 57.4 Å². The largest absolute Gasteiger partial charge is 0.488 e. The Morgan fingerprint density at radius 1 is 1.05 bits per heavy atom. The topological polar surface area (TPSA) is 48.1 Å². The fraction of sp³-hybridized carbons (Fsp3) is 0.118. The van der Waals surface area contributed by atoms with E-state index in [4.69, 9.17) is 10.5 Å². The Bertz CT molecular complexity index is 774. The van der Waals surface area contributed by atoms with Gasteiger partial charge in [0.2, 0.25) is 0 Å². The van der Waals surface area contributed by atoms with E-state index in [-0.39, 0.29) is 0 Å². The molecule has 0 unspecified atom stereocenters. The Hall–Kier alpha value is -1.91. The Morgan fingerprint density at radius 3 is 2.71 bits per heavy atom. The molecule has 0 atom stereocenters. The molecule has 1 heterocycles. The lowest BCUT2D eigenvalue weighted by Crippen LogP contribution is -1.99. The second kappa shape index (κ2) is 6.24. The molecule has 3 aromatic rings. The third-order valence-electron chi connectivity index (χ3n) is 3.29. The first-order valence-electron chi connectivity index (χ1n) is 6.71. The number of ether oxygens (including phenoxy) is 1. The van der Waals surface area contributed by atoms with Crippen LogP contribution in [0.25, 0.3) is 10.9 Å². The van der Waals surface area contributed by atoms with Crippen molar-refractivity contribution in [2.24, 2.45) is 5.73 Å². The Kier molecular flexibility index (Phi) is 4.18. The number of aromatic nitrogens is 1. The van der Waals surface area contributed by atoms with Gasteiger partial charge in [0.05, 0.1) is 9.99 Å². The molecule has 2 aromatic carbocycles. The van der Waals surface area contributed by atoms with Crippen LogP contribution in [0, 0.1) is 0 Å². The average molecular weight is 343 g/mol. The summed E-state index contributed by atoms with van der Waals surface area (Å²) in [5.74, 6) is 0.818. The molecule has 0 bridgehead atoms. The standard InChI is InChI=1S/C17H15BrN2O/c18-15-9-12(10-19)4-6-17(15)21-11-13-3-5-16-14(8-13)2-1-7-20-16/h1-9H,10-11,19H2. The second-order valence-corrected chi connectivity index (χ2v) is 5.64. The third kappa shape index (κ3) is 3.23. The third-order valence-corrected chi connectivity index (χ3v) is 3.91. The number of pyridine rings is 1. The van der Waals surface area contributed by atoms with E-state index in [1.165, 1.54) is 0 Å². The monoisotopic (exact) mass is 342 g/mol. The highest BCUT2D eigenvalue weighted by molar-refractivity contribution is 9.10. The van der Waals surface area contributed by atoms with Crippen LogP contribution in [0.4, 0.5) is 0 Å². The van der Waals surface area contributed by atoms with Crippen molar-refractivity contribution in [3.63, 3.8) is 0 Å². The summed E-state index contributed by atoms with van der Waals surface area (Å²) in [4.78, 5) is 4.31. The van der Waals surface area contributed by atoms with Gasteiger partial charge in [-0.3, -0.25) is 4.98 Å². The Morgan fingerprint density at radius 2 is 1.90 bits per heavy atom. The van der Waals surface area contributed by atoms with Crippen molar-refractivity contribution in [1.29, 1.82) is 0 Å². The molecular formula is C17H15BrN2O. The number of hydrogen-bond acceptors (Lipinski definition) is 3. The Labute approximate surface area is 131 Å².